The summed E-state index contributed by atoms with van der Waals surface area (Å²) in [5, 5.41) is 10.8. The molecule has 1 fully saturated rings. The number of imidazole rings is 1. The lowest BCUT2D eigenvalue weighted by atomic mass is 10.1. The summed E-state index contributed by atoms with van der Waals surface area (Å²) in [5.74, 6) is -0.108. The van der Waals surface area contributed by atoms with Crippen molar-refractivity contribution in [3.05, 3.63) is 48.5 Å². The highest BCUT2D eigenvalue weighted by atomic mass is 16.1. The van der Waals surface area contributed by atoms with Crippen LogP contribution in [0.15, 0.2) is 42.9 Å². The Balaban J connectivity index is 1.27. The lowest BCUT2D eigenvalue weighted by Crippen LogP contribution is -2.32. The minimum Gasteiger partial charge on any atom is -0.351 e. The topological polar surface area (TPSA) is 76.8 Å². The van der Waals surface area contributed by atoms with Crippen LogP contribution in [0, 0.1) is 0 Å². The second-order valence-electron chi connectivity index (χ2n) is 6.72. The van der Waals surface area contributed by atoms with Gasteiger partial charge in [-0.15, -0.1) is 0 Å². The number of aromatic nitrogens is 4. The average molecular weight is 352 g/mol. The molecule has 7 nitrogen and oxygen atoms in total. The number of para-hydroxylation sites is 2. The number of hydrogen-bond acceptors (Lipinski definition) is 4. The molecule has 0 radical (unpaired) electrons. The maximum atomic E-state index is 12.3. The maximum Gasteiger partial charge on any atom is 0.271 e. The van der Waals surface area contributed by atoms with Gasteiger partial charge in [0.25, 0.3) is 5.91 Å². The SMILES string of the molecule is O=C(NCCCn1cnc2ccccc21)c1ccn(C2CCCNC2)n1. The minimum absolute atomic E-state index is 0.108. The molecule has 0 aliphatic carbocycles. The summed E-state index contributed by atoms with van der Waals surface area (Å²) in [5.41, 5.74) is 2.61. The molecule has 2 aromatic heterocycles. The Morgan fingerprint density at radius 2 is 2.23 bits per heavy atom. The van der Waals surface area contributed by atoms with Crippen LogP contribution >= 0.6 is 0 Å². The molecular formula is C19H24N6O. The molecule has 26 heavy (non-hydrogen) atoms. The van der Waals surface area contributed by atoms with Crippen molar-refractivity contribution in [3.8, 4) is 0 Å². The average Bonchev–Trinajstić information content (AvgIpc) is 3.33. The quantitative estimate of drug-likeness (QED) is 0.665. The molecule has 7 heteroatoms. The summed E-state index contributed by atoms with van der Waals surface area (Å²) in [7, 11) is 0. The van der Waals surface area contributed by atoms with Crippen LogP contribution in [0.2, 0.25) is 0 Å². The van der Waals surface area contributed by atoms with Crippen LogP contribution in [0.25, 0.3) is 11.0 Å². The molecule has 0 saturated carbocycles. The molecule has 3 heterocycles. The van der Waals surface area contributed by atoms with Crippen molar-refractivity contribution in [2.75, 3.05) is 19.6 Å². The van der Waals surface area contributed by atoms with Crippen LogP contribution in [0.3, 0.4) is 0 Å². The first kappa shape index (κ1) is 16.8. The Labute approximate surface area is 152 Å². The molecule has 1 aliphatic rings. The predicted molar refractivity (Wildman–Crippen MR) is 100 cm³/mol. The highest BCUT2D eigenvalue weighted by Crippen LogP contribution is 2.15. The van der Waals surface area contributed by atoms with Gasteiger partial charge in [-0.3, -0.25) is 9.48 Å². The van der Waals surface area contributed by atoms with E-state index in [9.17, 15) is 4.79 Å². The number of fused-ring (bicyclic) bond motifs is 1. The van der Waals surface area contributed by atoms with Gasteiger partial charge in [0, 0.05) is 25.8 Å². The number of carbonyl (C=O) groups excluding carboxylic acids is 1. The number of carbonyl (C=O) groups is 1. The molecule has 0 spiro atoms. The Morgan fingerprint density at radius 1 is 1.31 bits per heavy atom. The van der Waals surface area contributed by atoms with Gasteiger partial charge in [-0.1, -0.05) is 12.1 Å². The van der Waals surface area contributed by atoms with E-state index in [0.717, 1.165) is 49.9 Å². The first-order chi connectivity index (χ1) is 12.8. The summed E-state index contributed by atoms with van der Waals surface area (Å²) in [6, 6.07) is 10.2. The summed E-state index contributed by atoms with van der Waals surface area (Å²) in [4.78, 5) is 16.7. The lowest BCUT2D eigenvalue weighted by Gasteiger charge is -2.22. The molecule has 3 aromatic rings. The van der Waals surface area contributed by atoms with Crippen LogP contribution in [0.1, 0.15) is 35.8 Å². The van der Waals surface area contributed by atoms with Crippen molar-refractivity contribution < 1.29 is 4.79 Å². The smallest absolute Gasteiger partial charge is 0.271 e. The fourth-order valence-electron chi connectivity index (χ4n) is 3.45. The molecule has 1 atom stereocenters. The van der Waals surface area contributed by atoms with E-state index in [2.05, 4.69) is 31.3 Å². The number of rotatable bonds is 6. The number of nitrogens with one attached hydrogen (secondary N) is 2. The van der Waals surface area contributed by atoms with Crippen LogP contribution in [0.5, 0.6) is 0 Å². The lowest BCUT2D eigenvalue weighted by molar-refractivity contribution is 0.0946. The molecule has 0 bridgehead atoms. The van der Waals surface area contributed by atoms with Gasteiger partial charge in [0.05, 0.1) is 23.4 Å². The van der Waals surface area contributed by atoms with E-state index in [4.69, 9.17) is 0 Å². The Morgan fingerprint density at radius 3 is 3.12 bits per heavy atom. The molecule has 1 amide bonds. The van der Waals surface area contributed by atoms with Crippen LogP contribution in [0.4, 0.5) is 0 Å². The van der Waals surface area contributed by atoms with Crippen molar-refractivity contribution in [3.63, 3.8) is 0 Å². The molecule has 1 aliphatic heterocycles. The number of aryl methyl sites for hydroxylation is 1. The van der Waals surface area contributed by atoms with Crippen LogP contribution in [-0.4, -0.2) is 44.9 Å². The number of hydrogen-bond donors (Lipinski definition) is 2. The highest BCUT2D eigenvalue weighted by molar-refractivity contribution is 5.92. The number of nitrogens with zero attached hydrogens (tertiary/aromatic N) is 4. The largest absolute Gasteiger partial charge is 0.351 e. The number of amides is 1. The monoisotopic (exact) mass is 352 g/mol. The fraction of sp³-hybridized carbons (Fsp3) is 0.421. The minimum atomic E-state index is -0.108. The number of benzene rings is 1. The second-order valence-corrected chi connectivity index (χ2v) is 6.72. The van der Waals surface area contributed by atoms with Crippen LogP contribution < -0.4 is 10.6 Å². The van der Waals surface area contributed by atoms with E-state index in [1.54, 1.807) is 6.07 Å². The van der Waals surface area contributed by atoms with Gasteiger partial charge in [-0.2, -0.15) is 5.10 Å². The van der Waals surface area contributed by atoms with Gasteiger partial charge in [-0.05, 0) is 44.0 Å². The number of piperidine rings is 1. The van der Waals surface area contributed by atoms with E-state index < -0.39 is 0 Å². The molecular weight excluding hydrogens is 328 g/mol. The Bertz CT molecular complexity index is 877. The van der Waals surface area contributed by atoms with E-state index in [0.29, 0.717) is 18.3 Å². The van der Waals surface area contributed by atoms with Crippen molar-refractivity contribution in [1.29, 1.82) is 0 Å². The maximum absolute atomic E-state index is 12.3. The van der Waals surface area contributed by atoms with Crippen molar-refractivity contribution in [2.24, 2.45) is 0 Å². The van der Waals surface area contributed by atoms with Crippen molar-refractivity contribution in [2.45, 2.75) is 31.8 Å². The van der Waals surface area contributed by atoms with Crippen LogP contribution in [-0.2, 0) is 6.54 Å². The molecule has 1 unspecified atom stereocenters. The zero-order chi connectivity index (χ0) is 17.8. The zero-order valence-electron chi connectivity index (χ0n) is 14.8. The molecule has 2 N–H and O–H groups in total. The summed E-state index contributed by atoms with van der Waals surface area (Å²) < 4.78 is 4.03. The Kier molecular flexibility index (Phi) is 4.97. The summed E-state index contributed by atoms with van der Waals surface area (Å²) in [6.07, 6.45) is 6.86. The third-order valence-corrected chi connectivity index (χ3v) is 4.87. The van der Waals surface area contributed by atoms with Crippen molar-refractivity contribution >= 4 is 16.9 Å². The first-order valence-corrected chi connectivity index (χ1v) is 9.25. The van der Waals surface area contributed by atoms with E-state index in [1.165, 1.54) is 0 Å². The standard InChI is InChI=1S/C19H24N6O/c26-19(17-8-12-25(23-17)15-5-3-9-20-13-15)21-10-4-11-24-14-22-16-6-1-2-7-18(16)24/h1-2,6-8,12,14-15,20H,3-5,9-11,13H2,(H,21,26). The highest BCUT2D eigenvalue weighted by Gasteiger charge is 2.17. The summed E-state index contributed by atoms with van der Waals surface area (Å²) >= 11 is 0. The molecule has 1 saturated heterocycles. The predicted octanol–water partition coefficient (Wildman–Crippen LogP) is 1.98. The summed E-state index contributed by atoms with van der Waals surface area (Å²) in [6.45, 7) is 3.42. The van der Waals surface area contributed by atoms with Gasteiger partial charge >= 0.3 is 0 Å². The van der Waals surface area contributed by atoms with Gasteiger partial charge in [0.2, 0.25) is 0 Å². The van der Waals surface area contributed by atoms with Gasteiger partial charge in [0.1, 0.15) is 5.69 Å². The molecule has 136 valence electrons. The van der Waals surface area contributed by atoms with E-state index >= 15 is 0 Å². The first-order valence-electron chi connectivity index (χ1n) is 9.25. The van der Waals surface area contributed by atoms with Crippen molar-refractivity contribution in [1.82, 2.24) is 30.0 Å². The molecule has 4 rings (SSSR count). The normalized spacial score (nSPS) is 17.5. The Hall–Kier alpha value is -2.67. The van der Waals surface area contributed by atoms with Gasteiger partial charge in [-0.25, -0.2) is 4.98 Å². The molecule has 1 aromatic carbocycles. The third-order valence-electron chi connectivity index (χ3n) is 4.87. The third kappa shape index (κ3) is 3.62. The second kappa shape index (κ2) is 7.70. The fourth-order valence-corrected chi connectivity index (χ4v) is 3.45. The van der Waals surface area contributed by atoms with Gasteiger partial charge in [0.15, 0.2) is 0 Å². The van der Waals surface area contributed by atoms with E-state index in [-0.39, 0.29) is 5.91 Å². The van der Waals surface area contributed by atoms with E-state index in [1.807, 2.05) is 35.4 Å². The zero-order valence-corrected chi connectivity index (χ0v) is 14.8. The van der Waals surface area contributed by atoms with Gasteiger partial charge < -0.3 is 15.2 Å².